The van der Waals surface area contributed by atoms with Gasteiger partial charge in [-0.25, -0.2) is 4.98 Å². The molecule has 0 bridgehead atoms. The molecule has 0 unspecified atom stereocenters. The quantitative estimate of drug-likeness (QED) is 0.403. The Hall–Kier alpha value is -2.60. The number of nitrogens with one attached hydrogen (secondary N) is 3. The summed E-state index contributed by atoms with van der Waals surface area (Å²) in [5.74, 6) is -0.747. The van der Waals surface area contributed by atoms with Crippen molar-refractivity contribution < 1.29 is 23.5 Å². The highest BCUT2D eigenvalue weighted by Crippen LogP contribution is 2.26. The third kappa shape index (κ3) is 6.75. The fourth-order valence-corrected chi connectivity index (χ4v) is 4.96. The fraction of sp³-hybridized carbons (Fsp3) is 0.542. The molecule has 3 heterocycles. The van der Waals surface area contributed by atoms with Crippen LogP contribution in [0.4, 0.5) is 15.2 Å². The van der Waals surface area contributed by atoms with E-state index in [0.717, 1.165) is 43.2 Å². The van der Waals surface area contributed by atoms with Crippen molar-refractivity contribution in [3.8, 4) is 0 Å². The second-order valence-corrected chi connectivity index (χ2v) is 9.52. The average Bonchev–Trinajstić information content (AvgIpc) is 3.65. The largest absolute Gasteiger partial charge is 0.380 e. The molecule has 2 fully saturated rings. The van der Waals surface area contributed by atoms with E-state index in [2.05, 4.69) is 25.8 Å². The molecule has 11 heteroatoms. The van der Waals surface area contributed by atoms with Gasteiger partial charge in [-0.15, -0.1) is 11.3 Å². The van der Waals surface area contributed by atoms with Crippen LogP contribution >= 0.6 is 11.3 Å². The first kappa shape index (κ1) is 25.5. The third-order valence-corrected chi connectivity index (χ3v) is 7.07. The second kappa shape index (κ2) is 12.4. The minimum atomic E-state index is -0.508. The topological polar surface area (TPSA) is 105 Å². The van der Waals surface area contributed by atoms with Gasteiger partial charge in [0.05, 0.1) is 30.6 Å². The first-order valence-electron chi connectivity index (χ1n) is 11.9. The monoisotopic (exact) mass is 505 g/mol. The standard InChI is InChI=1S/C24H32FN5O4S/c1-33-18-5-9-30(13-18)24-29-21(15-35-24)23(32)28-20-4-3-16(12-27-17-6-10-34-14-17)11-19(20)22(31)26-8-2-7-25/h3-4,11,15,17-18,27H,2,5-10,12-14H2,1H3,(H,26,31)(H,28,32)/t17-,18+/m1/s1. The molecule has 3 N–H and O–H groups in total. The lowest BCUT2D eigenvalue weighted by Crippen LogP contribution is -2.29. The number of carbonyl (C=O) groups is 2. The molecule has 2 saturated heterocycles. The van der Waals surface area contributed by atoms with Crippen molar-refractivity contribution >= 4 is 34.0 Å². The summed E-state index contributed by atoms with van der Waals surface area (Å²) in [7, 11) is 1.70. The van der Waals surface area contributed by atoms with Crippen LogP contribution in [0.25, 0.3) is 0 Å². The molecule has 0 radical (unpaired) electrons. The minimum Gasteiger partial charge on any atom is -0.380 e. The van der Waals surface area contributed by atoms with Gasteiger partial charge in [-0.1, -0.05) is 6.07 Å². The summed E-state index contributed by atoms with van der Waals surface area (Å²) in [5, 5.41) is 11.5. The summed E-state index contributed by atoms with van der Waals surface area (Å²) >= 11 is 1.41. The van der Waals surface area contributed by atoms with Gasteiger partial charge in [0.15, 0.2) is 5.13 Å². The van der Waals surface area contributed by atoms with Crippen molar-refractivity contribution in [3.05, 3.63) is 40.4 Å². The SMILES string of the molecule is CO[C@H]1CCN(c2nc(C(=O)Nc3ccc(CN[C@@H]4CCOC4)cc3C(=O)NCCCF)cs2)C1. The Morgan fingerprint density at radius 1 is 1.31 bits per heavy atom. The van der Waals surface area contributed by atoms with E-state index >= 15 is 0 Å². The number of rotatable bonds is 11. The summed E-state index contributed by atoms with van der Waals surface area (Å²) in [4.78, 5) is 32.4. The van der Waals surface area contributed by atoms with Gasteiger partial charge in [-0.2, -0.15) is 0 Å². The molecule has 2 amide bonds. The summed E-state index contributed by atoms with van der Waals surface area (Å²) in [6.07, 6.45) is 2.28. The highest BCUT2D eigenvalue weighted by atomic mass is 32.1. The molecule has 2 aliphatic rings. The van der Waals surface area contributed by atoms with Crippen LogP contribution < -0.4 is 20.9 Å². The zero-order valence-corrected chi connectivity index (χ0v) is 20.7. The number of benzene rings is 1. The molecule has 1 aromatic heterocycles. The number of alkyl halides is 1. The van der Waals surface area contributed by atoms with E-state index in [-0.39, 0.29) is 36.9 Å². The van der Waals surface area contributed by atoms with Crippen LogP contribution in [-0.2, 0) is 16.0 Å². The number of aromatic nitrogens is 1. The minimum absolute atomic E-state index is 0.170. The zero-order chi connectivity index (χ0) is 24.6. The molecule has 9 nitrogen and oxygen atoms in total. The summed E-state index contributed by atoms with van der Waals surface area (Å²) < 4.78 is 23.3. The molecule has 1 aromatic carbocycles. The van der Waals surface area contributed by atoms with Gasteiger partial charge < -0.3 is 30.3 Å². The van der Waals surface area contributed by atoms with E-state index < -0.39 is 6.67 Å². The normalized spacial score (nSPS) is 19.8. The maximum Gasteiger partial charge on any atom is 0.275 e. The van der Waals surface area contributed by atoms with Crippen LogP contribution in [0.15, 0.2) is 23.6 Å². The van der Waals surface area contributed by atoms with Gasteiger partial charge in [-0.3, -0.25) is 14.0 Å². The molecule has 2 atom stereocenters. The summed E-state index contributed by atoms with van der Waals surface area (Å²) in [5.41, 5.74) is 1.91. The van der Waals surface area contributed by atoms with Crippen LogP contribution in [0.2, 0.25) is 0 Å². The number of carbonyl (C=O) groups excluding carboxylic acids is 2. The number of nitrogens with zero attached hydrogens (tertiary/aromatic N) is 2. The van der Waals surface area contributed by atoms with Crippen LogP contribution in [0.1, 0.15) is 45.7 Å². The number of amides is 2. The number of halogens is 1. The van der Waals surface area contributed by atoms with E-state index in [1.165, 1.54) is 11.3 Å². The van der Waals surface area contributed by atoms with Gasteiger partial charge in [-0.05, 0) is 37.0 Å². The Morgan fingerprint density at radius 2 is 2.20 bits per heavy atom. The van der Waals surface area contributed by atoms with Crippen LogP contribution in [0, 0.1) is 0 Å². The molecular weight excluding hydrogens is 473 g/mol. The Kier molecular flexibility index (Phi) is 9.02. The highest BCUT2D eigenvalue weighted by molar-refractivity contribution is 7.14. The van der Waals surface area contributed by atoms with Crippen LogP contribution in [-0.4, -0.2) is 75.6 Å². The number of methoxy groups -OCH3 is 1. The molecule has 4 rings (SSSR count). The van der Waals surface area contributed by atoms with E-state index in [4.69, 9.17) is 9.47 Å². The van der Waals surface area contributed by atoms with Crippen molar-refractivity contribution in [2.24, 2.45) is 0 Å². The van der Waals surface area contributed by atoms with Crippen molar-refractivity contribution in [1.82, 2.24) is 15.6 Å². The zero-order valence-electron chi connectivity index (χ0n) is 19.8. The Bertz CT molecular complexity index is 1010. The third-order valence-electron chi connectivity index (χ3n) is 6.17. The fourth-order valence-electron chi connectivity index (χ4n) is 4.11. The average molecular weight is 506 g/mol. The first-order valence-corrected chi connectivity index (χ1v) is 12.8. The van der Waals surface area contributed by atoms with Crippen molar-refractivity contribution in [2.75, 3.05) is 56.8 Å². The summed E-state index contributed by atoms with van der Waals surface area (Å²) in [6.45, 7) is 3.28. The second-order valence-electron chi connectivity index (χ2n) is 8.68. The maximum absolute atomic E-state index is 13.0. The number of hydrogen-bond acceptors (Lipinski definition) is 8. The Balaban J connectivity index is 1.45. The number of anilines is 2. The lowest BCUT2D eigenvalue weighted by molar-refractivity contribution is 0.0953. The predicted molar refractivity (Wildman–Crippen MR) is 133 cm³/mol. The Morgan fingerprint density at radius 3 is 2.94 bits per heavy atom. The molecule has 0 aliphatic carbocycles. The lowest BCUT2D eigenvalue weighted by atomic mass is 10.1. The molecule has 2 aromatic rings. The van der Waals surface area contributed by atoms with Gasteiger partial charge in [0.25, 0.3) is 11.8 Å². The molecule has 0 spiro atoms. The summed E-state index contributed by atoms with van der Waals surface area (Å²) in [6, 6.07) is 5.63. The number of thiazole rings is 1. The van der Waals surface area contributed by atoms with Crippen LogP contribution in [0.3, 0.4) is 0 Å². The highest BCUT2D eigenvalue weighted by Gasteiger charge is 2.25. The Labute approximate surface area is 208 Å². The first-order chi connectivity index (χ1) is 17.1. The van der Waals surface area contributed by atoms with Crippen molar-refractivity contribution in [3.63, 3.8) is 0 Å². The van der Waals surface area contributed by atoms with E-state index in [0.29, 0.717) is 30.1 Å². The molecular formula is C24H32FN5O4S. The maximum atomic E-state index is 13.0. The van der Waals surface area contributed by atoms with Gasteiger partial charge in [0, 0.05) is 51.3 Å². The number of ether oxygens (including phenoxy) is 2. The molecule has 35 heavy (non-hydrogen) atoms. The van der Waals surface area contributed by atoms with E-state index in [1.54, 1.807) is 24.6 Å². The van der Waals surface area contributed by atoms with Crippen LogP contribution in [0.5, 0.6) is 0 Å². The van der Waals surface area contributed by atoms with Gasteiger partial charge >= 0.3 is 0 Å². The van der Waals surface area contributed by atoms with Crippen molar-refractivity contribution in [1.29, 1.82) is 0 Å². The smallest absolute Gasteiger partial charge is 0.275 e. The van der Waals surface area contributed by atoms with Gasteiger partial charge in [0.1, 0.15) is 5.69 Å². The van der Waals surface area contributed by atoms with E-state index in [1.807, 2.05) is 6.07 Å². The van der Waals surface area contributed by atoms with E-state index in [9.17, 15) is 14.0 Å². The molecule has 190 valence electrons. The number of hydrogen-bond donors (Lipinski definition) is 3. The van der Waals surface area contributed by atoms with Crippen molar-refractivity contribution in [2.45, 2.75) is 38.0 Å². The van der Waals surface area contributed by atoms with Gasteiger partial charge in [0.2, 0.25) is 0 Å². The predicted octanol–water partition coefficient (Wildman–Crippen LogP) is 2.59. The molecule has 2 aliphatic heterocycles. The molecule has 0 saturated carbocycles. The lowest BCUT2D eigenvalue weighted by Gasteiger charge is -2.15.